The van der Waals surface area contributed by atoms with Gasteiger partial charge in [0.25, 0.3) is 0 Å². The van der Waals surface area contributed by atoms with E-state index in [0.717, 1.165) is 28.6 Å². The predicted octanol–water partition coefficient (Wildman–Crippen LogP) is 2.57. The standard InChI is InChI=1S/C13H15BrN4O/c14-13-2-1-12(19-13)10-7-18(16-15-10)11-8-17-5-3-9(11)4-6-17/h1-2,7,9,11H,3-6,8H2. The van der Waals surface area contributed by atoms with Gasteiger partial charge in [-0.15, -0.1) is 5.10 Å². The number of rotatable bonds is 2. The van der Waals surface area contributed by atoms with Gasteiger partial charge in [-0.1, -0.05) is 5.21 Å². The Labute approximate surface area is 119 Å². The van der Waals surface area contributed by atoms with Gasteiger partial charge in [0, 0.05) is 6.54 Å². The van der Waals surface area contributed by atoms with Gasteiger partial charge < -0.3 is 9.32 Å². The van der Waals surface area contributed by atoms with Crippen LogP contribution in [0.5, 0.6) is 0 Å². The van der Waals surface area contributed by atoms with Gasteiger partial charge in [-0.2, -0.15) is 0 Å². The molecular formula is C13H15BrN4O. The van der Waals surface area contributed by atoms with Crippen molar-refractivity contribution >= 4 is 15.9 Å². The van der Waals surface area contributed by atoms with E-state index in [9.17, 15) is 0 Å². The minimum absolute atomic E-state index is 0.474. The van der Waals surface area contributed by atoms with Crippen molar-refractivity contribution in [2.75, 3.05) is 19.6 Å². The van der Waals surface area contributed by atoms with E-state index in [-0.39, 0.29) is 0 Å². The Balaban J connectivity index is 1.61. The molecule has 0 radical (unpaired) electrons. The lowest BCUT2D eigenvalue weighted by atomic mass is 9.84. The third kappa shape index (κ3) is 2.03. The van der Waals surface area contributed by atoms with Crippen LogP contribution in [0.15, 0.2) is 27.4 Å². The first-order chi connectivity index (χ1) is 9.29. The van der Waals surface area contributed by atoms with E-state index in [4.69, 9.17) is 4.42 Å². The summed E-state index contributed by atoms with van der Waals surface area (Å²) in [5, 5.41) is 8.55. The molecule has 2 bridgehead atoms. The van der Waals surface area contributed by atoms with Crippen LogP contribution >= 0.6 is 15.9 Å². The fourth-order valence-electron chi connectivity index (χ4n) is 3.24. The number of nitrogens with zero attached hydrogens (tertiary/aromatic N) is 4. The molecular weight excluding hydrogens is 308 g/mol. The monoisotopic (exact) mass is 322 g/mol. The minimum Gasteiger partial charge on any atom is -0.448 e. The second-order valence-electron chi connectivity index (χ2n) is 5.39. The van der Waals surface area contributed by atoms with Gasteiger partial charge >= 0.3 is 0 Å². The first-order valence-electron chi connectivity index (χ1n) is 6.69. The van der Waals surface area contributed by atoms with Crippen molar-refractivity contribution in [3.05, 3.63) is 23.0 Å². The number of halogens is 1. The summed E-state index contributed by atoms with van der Waals surface area (Å²) in [5.41, 5.74) is 0.808. The van der Waals surface area contributed by atoms with Crippen LogP contribution in [0.3, 0.4) is 0 Å². The second kappa shape index (κ2) is 4.45. The van der Waals surface area contributed by atoms with Crippen molar-refractivity contribution in [1.82, 2.24) is 19.9 Å². The summed E-state index contributed by atoms with van der Waals surface area (Å²) in [4.78, 5) is 2.52. The van der Waals surface area contributed by atoms with Crippen LogP contribution in [0.4, 0.5) is 0 Å². The zero-order chi connectivity index (χ0) is 12.8. The van der Waals surface area contributed by atoms with Crippen molar-refractivity contribution in [3.63, 3.8) is 0 Å². The van der Waals surface area contributed by atoms with Crippen LogP contribution in [-0.4, -0.2) is 39.5 Å². The fraction of sp³-hybridized carbons (Fsp3) is 0.538. The van der Waals surface area contributed by atoms with Gasteiger partial charge in [-0.3, -0.25) is 0 Å². The Morgan fingerprint density at radius 3 is 2.74 bits per heavy atom. The lowest BCUT2D eigenvalue weighted by Crippen LogP contribution is -2.48. The first-order valence-corrected chi connectivity index (χ1v) is 7.49. The summed E-state index contributed by atoms with van der Waals surface area (Å²) in [6.45, 7) is 3.59. The van der Waals surface area contributed by atoms with Crippen molar-refractivity contribution in [2.24, 2.45) is 5.92 Å². The minimum atomic E-state index is 0.474. The zero-order valence-electron chi connectivity index (χ0n) is 10.5. The van der Waals surface area contributed by atoms with Crippen LogP contribution in [0.1, 0.15) is 18.9 Å². The molecule has 19 heavy (non-hydrogen) atoms. The smallest absolute Gasteiger partial charge is 0.169 e. The lowest BCUT2D eigenvalue weighted by molar-refractivity contribution is 0.0504. The summed E-state index contributed by atoms with van der Waals surface area (Å²) in [5.74, 6) is 1.52. The Morgan fingerprint density at radius 1 is 1.26 bits per heavy atom. The largest absolute Gasteiger partial charge is 0.448 e. The van der Waals surface area contributed by atoms with E-state index in [2.05, 4.69) is 31.1 Å². The molecule has 5 nitrogen and oxygen atoms in total. The Hall–Kier alpha value is -1.14. The number of furan rings is 1. The maximum atomic E-state index is 5.52. The Bertz CT molecular complexity index is 585. The van der Waals surface area contributed by atoms with E-state index >= 15 is 0 Å². The quantitative estimate of drug-likeness (QED) is 0.852. The molecule has 0 spiro atoms. The highest BCUT2D eigenvalue weighted by atomic mass is 79.9. The molecule has 5 heterocycles. The molecule has 5 rings (SSSR count). The molecule has 100 valence electrons. The number of piperidine rings is 3. The molecule has 2 aromatic rings. The van der Waals surface area contributed by atoms with Crippen LogP contribution in [0, 0.1) is 5.92 Å². The molecule has 0 saturated carbocycles. The van der Waals surface area contributed by atoms with E-state index in [0.29, 0.717) is 6.04 Å². The molecule has 6 heteroatoms. The number of fused-ring (bicyclic) bond motifs is 3. The normalized spacial score (nSPS) is 29.8. The van der Waals surface area contributed by atoms with Gasteiger partial charge in [0.05, 0.1) is 12.2 Å². The Kier molecular flexibility index (Phi) is 2.73. The van der Waals surface area contributed by atoms with Crippen molar-refractivity contribution in [1.29, 1.82) is 0 Å². The summed E-state index contributed by atoms with van der Waals surface area (Å²) >= 11 is 3.31. The van der Waals surface area contributed by atoms with Crippen LogP contribution < -0.4 is 0 Å². The van der Waals surface area contributed by atoms with Gasteiger partial charge in [0.1, 0.15) is 5.69 Å². The third-order valence-electron chi connectivity index (χ3n) is 4.30. The highest BCUT2D eigenvalue weighted by Crippen LogP contribution is 2.35. The fourth-order valence-corrected chi connectivity index (χ4v) is 3.54. The number of aromatic nitrogens is 3. The first kappa shape index (κ1) is 11.7. The van der Waals surface area contributed by atoms with Crippen molar-refractivity contribution < 1.29 is 4.42 Å². The van der Waals surface area contributed by atoms with E-state index in [1.807, 2.05) is 23.0 Å². The van der Waals surface area contributed by atoms with Crippen LogP contribution in [-0.2, 0) is 0 Å². The van der Waals surface area contributed by atoms with Crippen LogP contribution in [0.25, 0.3) is 11.5 Å². The highest BCUT2D eigenvalue weighted by Gasteiger charge is 2.35. The maximum Gasteiger partial charge on any atom is 0.169 e. The SMILES string of the molecule is Brc1ccc(-c2cn(C3CN4CCC3CC4)nn2)o1. The molecule has 0 amide bonds. The molecule has 1 atom stereocenters. The average Bonchev–Trinajstić information content (AvgIpc) is 3.08. The molecule has 3 fully saturated rings. The van der Waals surface area contributed by atoms with Crippen molar-refractivity contribution in [3.8, 4) is 11.5 Å². The van der Waals surface area contributed by atoms with Gasteiger partial charge in [-0.05, 0) is 59.9 Å². The van der Waals surface area contributed by atoms with Crippen molar-refractivity contribution in [2.45, 2.75) is 18.9 Å². The summed E-state index contributed by atoms with van der Waals surface area (Å²) < 4.78 is 8.27. The molecule has 3 saturated heterocycles. The zero-order valence-corrected chi connectivity index (χ0v) is 12.1. The van der Waals surface area contributed by atoms with Gasteiger partial charge in [0.2, 0.25) is 0 Å². The number of hydrogen-bond acceptors (Lipinski definition) is 4. The summed E-state index contributed by atoms with van der Waals surface area (Å²) in [7, 11) is 0. The number of hydrogen-bond donors (Lipinski definition) is 0. The van der Waals surface area contributed by atoms with Crippen LogP contribution in [0.2, 0.25) is 0 Å². The molecule has 1 unspecified atom stereocenters. The summed E-state index contributed by atoms with van der Waals surface area (Å²) in [6.07, 6.45) is 4.58. The Morgan fingerprint density at radius 2 is 2.11 bits per heavy atom. The van der Waals surface area contributed by atoms with E-state index in [1.165, 1.54) is 25.9 Å². The van der Waals surface area contributed by atoms with E-state index in [1.54, 1.807) is 0 Å². The lowest BCUT2D eigenvalue weighted by Gasteiger charge is -2.44. The predicted molar refractivity (Wildman–Crippen MR) is 73.6 cm³/mol. The molecule has 3 aliphatic rings. The second-order valence-corrected chi connectivity index (χ2v) is 6.17. The topological polar surface area (TPSA) is 47.1 Å². The maximum absolute atomic E-state index is 5.52. The molecule has 0 aliphatic carbocycles. The molecule has 0 N–H and O–H groups in total. The van der Waals surface area contributed by atoms with Gasteiger partial charge in [0.15, 0.2) is 10.4 Å². The average molecular weight is 323 g/mol. The highest BCUT2D eigenvalue weighted by molar-refractivity contribution is 9.10. The molecule has 2 aromatic heterocycles. The summed E-state index contributed by atoms with van der Waals surface area (Å²) in [6, 6.07) is 4.26. The molecule has 0 aromatic carbocycles. The van der Waals surface area contributed by atoms with E-state index < -0.39 is 0 Å². The van der Waals surface area contributed by atoms with Gasteiger partial charge in [-0.25, -0.2) is 4.68 Å². The molecule has 3 aliphatic heterocycles. The third-order valence-corrected chi connectivity index (χ3v) is 4.72.